The number of benzene rings is 2. The van der Waals surface area contributed by atoms with E-state index in [9.17, 15) is 13.6 Å². The summed E-state index contributed by atoms with van der Waals surface area (Å²) in [4.78, 5) is 12.5. The molecule has 3 aromatic rings. The zero-order valence-electron chi connectivity index (χ0n) is 14.4. The zero-order chi connectivity index (χ0) is 18.8. The molecule has 0 saturated carbocycles. The van der Waals surface area contributed by atoms with E-state index in [-0.39, 0.29) is 11.3 Å². The van der Waals surface area contributed by atoms with Gasteiger partial charge < -0.3 is 0 Å². The Morgan fingerprint density at radius 3 is 2.58 bits per heavy atom. The Balaban J connectivity index is 1.84. The average Bonchev–Trinajstić information content (AvgIpc) is 3.04. The van der Waals surface area contributed by atoms with Crippen LogP contribution in [0.5, 0.6) is 0 Å². The fourth-order valence-corrected chi connectivity index (χ4v) is 3.42. The Kier molecular flexibility index (Phi) is 5.13. The van der Waals surface area contributed by atoms with E-state index in [2.05, 4.69) is 15.5 Å². The van der Waals surface area contributed by atoms with Crippen LogP contribution in [0.2, 0.25) is 0 Å². The number of Topliss-reactive ketones (excluding diaryl/α,β-unsaturated/α-hetero) is 1. The molecule has 0 aliphatic heterocycles. The molecule has 0 aliphatic carbocycles. The number of aromatic nitrogens is 4. The van der Waals surface area contributed by atoms with E-state index >= 15 is 0 Å². The number of tetrazole rings is 1. The van der Waals surface area contributed by atoms with Crippen molar-refractivity contribution in [2.45, 2.75) is 31.2 Å². The number of ketones is 1. The molecular weight excluding hydrogens is 358 g/mol. The topological polar surface area (TPSA) is 60.7 Å². The molecule has 26 heavy (non-hydrogen) atoms. The van der Waals surface area contributed by atoms with Crippen molar-refractivity contribution in [3.05, 3.63) is 64.7 Å². The Bertz CT molecular complexity index is 974. The van der Waals surface area contributed by atoms with Crippen molar-refractivity contribution in [3.8, 4) is 5.69 Å². The summed E-state index contributed by atoms with van der Waals surface area (Å²) in [6.45, 7) is 5.62. The number of hydrogen-bond donors (Lipinski definition) is 0. The van der Waals surface area contributed by atoms with Gasteiger partial charge in [-0.15, -0.1) is 5.10 Å². The van der Waals surface area contributed by atoms with E-state index in [0.29, 0.717) is 5.16 Å². The van der Waals surface area contributed by atoms with Crippen molar-refractivity contribution in [3.63, 3.8) is 0 Å². The van der Waals surface area contributed by atoms with E-state index in [1.165, 1.54) is 6.07 Å². The molecule has 8 heteroatoms. The summed E-state index contributed by atoms with van der Waals surface area (Å²) in [5, 5.41) is 11.5. The van der Waals surface area contributed by atoms with Gasteiger partial charge in [-0.1, -0.05) is 29.5 Å². The average molecular weight is 374 g/mol. The normalized spacial score (nSPS) is 12.2. The number of halogens is 2. The third kappa shape index (κ3) is 3.65. The third-order valence-electron chi connectivity index (χ3n) is 3.88. The minimum absolute atomic E-state index is 0.106. The molecule has 5 nitrogen and oxygen atoms in total. The first kappa shape index (κ1) is 18.2. The molecule has 0 aliphatic rings. The Morgan fingerprint density at radius 1 is 1.12 bits per heavy atom. The molecule has 0 radical (unpaired) electrons. The molecule has 0 fully saturated rings. The maximum Gasteiger partial charge on any atom is 0.214 e. The van der Waals surface area contributed by atoms with Gasteiger partial charge in [0, 0.05) is 5.56 Å². The van der Waals surface area contributed by atoms with Gasteiger partial charge >= 0.3 is 0 Å². The minimum Gasteiger partial charge on any atom is -0.293 e. The first-order valence-corrected chi connectivity index (χ1v) is 8.76. The molecule has 1 unspecified atom stereocenters. The van der Waals surface area contributed by atoms with Gasteiger partial charge in [0.15, 0.2) is 17.4 Å². The van der Waals surface area contributed by atoms with Crippen molar-refractivity contribution in [1.82, 2.24) is 20.2 Å². The van der Waals surface area contributed by atoms with Crippen LogP contribution in [0.3, 0.4) is 0 Å². The summed E-state index contributed by atoms with van der Waals surface area (Å²) < 4.78 is 28.0. The fraction of sp³-hybridized carbons (Fsp3) is 0.222. The molecular formula is C18H16F2N4OS. The van der Waals surface area contributed by atoms with Crippen molar-refractivity contribution < 1.29 is 13.6 Å². The number of rotatable bonds is 5. The molecule has 0 saturated heterocycles. The van der Waals surface area contributed by atoms with Crippen LogP contribution in [0.1, 0.15) is 28.4 Å². The molecule has 1 atom stereocenters. The summed E-state index contributed by atoms with van der Waals surface area (Å²) in [5.41, 5.74) is 3.04. The minimum atomic E-state index is -1.05. The first-order chi connectivity index (χ1) is 12.4. The summed E-state index contributed by atoms with van der Waals surface area (Å²) in [5.74, 6) is -2.36. The van der Waals surface area contributed by atoms with Crippen LogP contribution < -0.4 is 0 Å². The number of nitrogens with zero attached hydrogens (tertiary/aromatic N) is 4. The van der Waals surface area contributed by atoms with Crippen molar-refractivity contribution in [2.24, 2.45) is 0 Å². The van der Waals surface area contributed by atoms with Crippen LogP contribution >= 0.6 is 11.8 Å². The van der Waals surface area contributed by atoms with Gasteiger partial charge in [-0.2, -0.15) is 4.68 Å². The van der Waals surface area contributed by atoms with E-state index in [0.717, 1.165) is 40.7 Å². The molecule has 2 aromatic carbocycles. The van der Waals surface area contributed by atoms with Gasteiger partial charge in [-0.3, -0.25) is 4.79 Å². The van der Waals surface area contributed by atoms with E-state index in [1.54, 1.807) is 11.6 Å². The molecule has 1 aromatic heterocycles. The lowest BCUT2D eigenvalue weighted by Crippen LogP contribution is -2.15. The van der Waals surface area contributed by atoms with Crippen LogP contribution in [0.4, 0.5) is 8.78 Å². The predicted molar refractivity (Wildman–Crippen MR) is 94.6 cm³/mol. The smallest absolute Gasteiger partial charge is 0.214 e. The highest BCUT2D eigenvalue weighted by atomic mass is 32.2. The Labute approximate surface area is 153 Å². The second-order valence-corrected chi connectivity index (χ2v) is 7.22. The van der Waals surface area contributed by atoms with Gasteiger partial charge in [0.25, 0.3) is 0 Å². The van der Waals surface area contributed by atoms with Crippen LogP contribution in [-0.4, -0.2) is 31.2 Å². The molecule has 0 amide bonds. The number of carbonyl (C=O) groups is 1. The lowest BCUT2D eigenvalue weighted by atomic mass is 10.1. The highest BCUT2D eigenvalue weighted by Gasteiger charge is 2.22. The summed E-state index contributed by atoms with van der Waals surface area (Å²) in [7, 11) is 0. The van der Waals surface area contributed by atoms with Gasteiger partial charge in [0.1, 0.15) is 0 Å². The van der Waals surface area contributed by atoms with E-state index in [4.69, 9.17) is 0 Å². The Morgan fingerprint density at radius 2 is 1.88 bits per heavy atom. The molecule has 0 N–H and O–H groups in total. The highest BCUT2D eigenvalue weighted by molar-refractivity contribution is 8.00. The van der Waals surface area contributed by atoms with Crippen LogP contribution in [0, 0.1) is 25.5 Å². The van der Waals surface area contributed by atoms with Crippen molar-refractivity contribution in [2.75, 3.05) is 0 Å². The largest absolute Gasteiger partial charge is 0.293 e. The van der Waals surface area contributed by atoms with E-state index < -0.39 is 16.9 Å². The molecule has 1 heterocycles. The number of aryl methyl sites for hydroxylation is 2. The monoisotopic (exact) mass is 374 g/mol. The van der Waals surface area contributed by atoms with Gasteiger partial charge in [0.2, 0.25) is 5.16 Å². The van der Waals surface area contributed by atoms with Crippen LogP contribution in [0.25, 0.3) is 5.69 Å². The van der Waals surface area contributed by atoms with Crippen LogP contribution in [0.15, 0.2) is 41.6 Å². The number of carbonyl (C=O) groups excluding carboxylic acids is 1. The van der Waals surface area contributed by atoms with Gasteiger partial charge in [-0.05, 0) is 61.0 Å². The molecule has 3 rings (SSSR count). The SMILES string of the molecule is Cc1ccc(-n2nnnc2SC(C)C(=O)c2ccc(F)c(F)c2)c(C)c1. The molecule has 0 bridgehead atoms. The fourth-order valence-electron chi connectivity index (χ4n) is 2.54. The zero-order valence-corrected chi connectivity index (χ0v) is 15.2. The second-order valence-electron chi connectivity index (χ2n) is 5.92. The first-order valence-electron chi connectivity index (χ1n) is 7.88. The molecule has 0 spiro atoms. The summed E-state index contributed by atoms with van der Waals surface area (Å²) in [6, 6.07) is 9.00. The van der Waals surface area contributed by atoms with Crippen molar-refractivity contribution in [1.29, 1.82) is 0 Å². The quantitative estimate of drug-likeness (QED) is 0.500. The third-order valence-corrected chi connectivity index (χ3v) is 4.91. The number of thioether (sulfide) groups is 1. The predicted octanol–water partition coefficient (Wildman–Crippen LogP) is 3.92. The maximum absolute atomic E-state index is 13.4. The van der Waals surface area contributed by atoms with Crippen molar-refractivity contribution >= 4 is 17.5 Å². The van der Waals surface area contributed by atoms with Gasteiger partial charge in [-0.25, -0.2) is 8.78 Å². The lowest BCUT2D eigenvalue weighted by molar-refractivity contribution is 0.0993. The summed E-state index contributed by atoms with van der Waals surface area (Å²) >= 11 is 1.16. The standard InChI is InChI=1S/C18H16F2N4OS/c1-10-4-7-16(11(2)8-10)24-18(21-22-23-24)26-12(3)17(25)13-5-6-14(19)15(20)9-13/h4-9,12H,1-3H3. The lowest BCUT2D eigenvalue weighted by Gasteiger charge is -2.12. The van der Waals surface area contributed by atoms with Gasteiger partial charge in [0.05, 0.1) is 10.9 Å². The summed E-state index contributed by atoms with van der Waals surface area (Å²) in [6.07, 6.45) is 0. The molecule has 134 valence electrons. The van der Waals surface area contributed by atoms with E-state index in [1.807, 2.05) is 32.0 Å². The van der Waals surface area contributed by atoms with Crippen LogP contribution in [-0.2, 0) is 0 Å². The number of hydrogen-bond acceptors (Lipinski definition) is 5. The highest BCUT2D eigenvalue weighted by Crippen LogP contribution is 2.27. The second kappa shape index (κ2) is 7.33. The maximum atomic E-state index is 13.4. The Hall–Kier alpha value is -2.61.